The minimum Gasteiger partial charge on any atom is -0.292 e. The highest BCUT2D eigenvalue weighted by Crippen LogP contribution is 2.22. The van der Waals surface area contributed by atoms with Crippen LogP contribution in [-0.4, -0.2) is 10.8 Å². The van der Waals surface area contributed by atoms with Gasteiger partial charge in [-0.3, -0.25) is 10.2 Å². The van der Waals surface area contributed by atoms with E-state index in [9.17, 15) is 4.79 Å². The maximum Gasteiger partial charge on any atom is 0.186 e. The van der Waals surface area contributed by atoms with Crippen LogP contribution < -0.4 is 5.43 Å². The first-order valence-electron chi connectivity index (χ1n) is 6.39. The molecule has 2 aromatic rings. The Hall–Kier alpha value is -1.78. The molecule has 0 aliphatic heterocycles. The molecule has 0 amide bonds. The molecule has 5 heteroatoms. The Morgan fingerprint density at radius 3 is 2.29 bits per heavy atom. The second-order valence-corrected chi connectivity index (χ2v) is 6.01. The summed E-state index contributed by atoms with van der Waals surface area (Å²) < 4.78 is 0. The molecular formula is C16H15ClN2OS. The largest absolute Gasteiger partial charge is 0.292 e. The maximum absolute atomic E-state index is 11.7. The molecule has 21 heavy (non-hydrogen) atoms. The summed E-state index contributed by atoms with van der Waals surface area (Å²) in [6.07, 6.45) is 0. The first-order chi connectivity index (χ1) is 10.0. The third kappa shape index (κ3) is 4.92. The monoisotopic (exact) mass is 318 g/mol. The van der Waals surface area contributed by atoms with Crippen LogP contribution >= 0.6 is 23.4 Å². The lowest BCUT2D eigenvalue weighted by Crippen LogP contribution is -2.08. The molecule has 1 N–H and O–H groups in total. The number of rotatable bonds is 4. The summed E-state index contributed by atoms with van der Waals surface area (Å²) in [4.78, 5) is 12.6. The number of nitrogens with one attached hydrogen (secondary N) is 1. The van der Waals surface area contributed by atoms with E-state index in [-0.39, 0.29) is 5.78 Å². The van der Waals surface area contributed by atoms with E-state index in [2.05, 4.69) is 10.5 Å². The number of hydrogen-bond acceptors (Lipinski definition) is 4. The van der Waals surface area contributed by atoms with E-state index in [1.54, 1.807) is 12.1 Å². The van der Waals surface area contributed by atoms with Crippen molar-refractivity contribution < 1.29 is 4.79 Å². The quantitative estimate of drug-likeness (QED) is 0.382. The SMILES string of the molecule is CC(=O)C(=NNc1ccc(C)cc1)Sc1ccc(Cl)cc1. The molecule has 2 rings (SSSR count). The number of aryl methyl sites for hydroxylation is 1. The average molecular weight is 319 g/mol. The number of hydrazone groups is 1. The van der Waals surface area contributed by atoms with Crippen molar-refractivity contribution >= 4 is 39.9 Å². The van der Waals surface area contributed by atoms with E-state index in [0.717, 1.165) is 10.6 Å². The summed E-state index contributed by atoms with van der Waals surface area (Å²) in [5.74, 6) is -0.0884. The zero-order valence-corrected chi connectivity index (χ0v) is 13.3. The lowest BCUT2D eigenvalue weighted by Gasteiger charge is -2.05. The van der Waals surface area contributed by atoms with Crippen molar-refractivity contribution in [2.45, 2.75) is 18.7 Å². The zero-order chi connectivity index (χ0) is 15.2. The van der Waals surface area contributed by atoms with Gasteiger partial charge < -0.3 is 0 Å². The predicted octanol–water partition coefficient (Wildman–Crippen LogP) is 4.76. The Morgan fingerprint density at radius 2 is 1.71 bits per heavy atom. The molecule has 0 aliphatic rings. The number of ketones is 1. The van der Waals surface area contributed by atoms with Crippen LogP contribution in [0, 0.1) is 6.92 Å². The van der Waals surface area contributed by atoms with E-state index < -0.39 is 0 Å². The summed E-state index contributed by atoms with van der Waals surface area (Å²) in [6.45, 7) is 3.52. The Labute approximate surface area is 133 Å². The molecule has 0 heterocycles. The topological polar surface area (TPSA) is 41.5 Å². The minimum atomic E-state index is -0.0884. The Balaban J connectivity index is 2.11. The fourth-order valence-corrected chi connectivity index (χ4v) is 2.39. The highest BCUT2D eigenvalue weighted by molar-refractivity contribution is 8.15. The molecule has 0 fully saturated rings. The van der Waals surface area contributed by atoms with Gasteiger partial charge in [0.05, 0.1) is 5.69 Å². The van der Waals surface area contributed by atoms with Crippen LogP contribution in [0.25, 0.3) is 0 Å². The molecular weight excluding hydrogens is 304 g/mol. The van der Waals surface area contributed by atoms with Crippen LogP contribution in [0.4, 0.5) is 5.69 Å². The number of Topliss-reactive ketones (excluding diaryl/α,β-unsaturated/α-hetero) is 1. The normalized spacial score (nSPS) is 11.3. The van der Waals surface area contributed by atoms with E-state index in [1.807, 2.05) is 43.3 Å². The number of nitrogens with zero attached hydrogens (tertiary/aromatic N) is 1. The fraction of sp³-hybridized carbons (Fsp3) is 0.125. The smallest absolute Gasteiger partial charge is 0.186 e. The first kappa shape index (κ1) is 15.6. The number of carbonyl (C=O) groups excluding carboxylic acids is 1. The third-order valence-electron chi connectivity index (χ3n) is 2.67. The molecule has 0 unspecified atom stereocenters. The van der Waals surface area contributed by atoms with Crippen LogP contribution in [0.1, 0.15) is 12.5 Å². The second kappa shape index (κ2) is 7.29. The highest BCUT2D eigenvalue weighted by Gasteiger charge is 2.08. The standard InChI is InChI=1S/C16H15ClN2OS/c1-11-3-7-14(8-4-11)18-19-16(12(2)20)21-15-9-5-13(17)6-10-15/h3-10,18H,1-2H3. The number of carbonyl (C=O) groups is 1. The number of anilines is 1. The van der Waals surface area contributed by atoms with Gasteiger partial charge in [0.1, 0.15) is 0 Å². The zero-order valence-electron chi connectivity index (χ0n) is 11.8. The van der Waals surface area contributed by atoms with Crippen LogP contribution in [0.5, 0.6) is 0 Å². The molecule has 0 aliphatic carbocycles. The van der Waals surface area contributed by atoms with Crippen molar-refractivity contribution in [3.63, 3.8) is 0 Å². The fourth-order valence-electron chi connectivity index (χ4n) is 1.53. The maximum atomic E-state index is 11.7. The number of hydrogen-bond donors (Lipinski definition) is 1. The molecule has 0 bridgehead atoms. The van der Waals surface area contributed by atoms with E-state index in [0.29, 0.717) is 10.1 Å². The molecule has 0 radical (unpaired) electrons. The van der Waals surface area contributed by atoms with Gasteiger partial charge >= 0.3 is 0 Å². The highest BCUT2D eigenvalue weighted by atomic mass is 35.5. The number of benzene rings is 2. The molecule has 3 nitrogen and oxygen atoms in total. The van der Waals surface area contributed by atoms with E-state index in [4.69, 9.17) is 11.6 Å². The Morgan fingerprint density at radius 1 is 1.10 bits per heavy atom. The lowest BCUT2D eigenvalue weighted by molar-refractivity contribution is -0.110. The molecule has 0 spiro atoms. The van der Waals surface area contributed by atoms with Gasteiger partial charge in [0.25, 0.3) is 0 Å². The van der Waals surface area contributed by atoms with Gasteiger partial charge in [-0.05, 0) is 43.3 Å². The van der Waals surface area contributed by atoms with Crippen molar-refractivity contribution in [1.29, 1.82) is 0 Å². The van der Waals surface area contributed by atoms with Gasteiger partial charge in [0, 0.05) is 16.8 Å². The van der Waals surface area contributed by atoms with Crippen molar-refractivity contribution in [2.75, 3.05) is 5.43 Å². The van der Waals surface area contributed by atoms with Gasteiger partial charge in [0.15, 0.2) is 10.8 Å². The molecule has 2 aromatic carbocycles. The van der Waals surface area contributed by atoms with Crippen LogP contribution in [-0.2, 0) is 4.79 Å². The van der Waals surface area contributed by atoms with Crippen molar-refractivity contribution in [3.8, 4) is 0 Å². The third-order valence-corrected chi connectivity index (χ3v) is 4.00. The first-order valence-corrected chi connectivity index (χ1v) is 7.59. The van der Waals surface area contributed by atoms with Crippen molar-refractivity contribution in [3.05, 3.63) is 59.1 Å². The predicted molar refractivity (Wildman–Crippen MR) is 90.2 cm³/mol. The van der Waals surface area contributed by atoms with Crippen LogP contribution in [0.3, 0.4) is 0 Å². The molecule has 0 aromatic heterocycles. The second-order valence-electron chi connectivity index (χ2n) is 4.51. The summed E-state index contributed by atoms with van der Waals surface area (Å²) in [5, 5.41) is 5.25. The Kier molecular flexibility index (Phi) is 5.42. The summed E-state index contributed by atoms with van der Waals surface area (Å²) in [5.41, 5.74) is 4.92. The van der Waals surface area contributed by atoms with Crippen molar-refractivity contribution in [2.24, 2.45) is 5.10 Å². The minimum absolute atomic E-state index is 0.0884. The summed E-state index contributed by atoms with van der Waals surface area (Å²) in [7, 11) is 0. The molecule has 108 valence electrons. The van der Waals surface area contributed by atoms with Crippen molar-refractivity contribution in [1.82, 2.24) is 0 Å². The summed E-state index contributed by atoms with van der Waals surface area (Å²) >= 11 is 7.15. The molecule has 0 saturated heterocycles. The van der Waals surface area contributed by atoms with Crippen LogP contribution in [0.2, 0.25) is 5.02 Å². The van der Waals surface area contributed by atoms with E-state index in [1.165, 1.54) is 24.2 Å². The van der Waals surface area contributed by atoms with Gasteiger partial charge in [0.2, 0.25) is 0 Å². The van der Waals surface area contributed by atoms with Gasteiger partial charge in [-0.25, -0.2) is 0 Å². The van der Waals surface area contributed by atoms with Gasteiger partial charge in [-0.1, -0.05) is 41.1 Å². The van der Waals surface area contributed by atoms with Crippen LogP contribution in [0.15, 0.2) is 58.5 Å². The lowest BCUT2D eigenvalue weighted by atomic mass is 10.2. The number of halogens is 1. The Bertz CT molecular complexity index is 651. The summed E-state index contributed by atoms with van der Waals surface area (Å²) in [6, 6.07) is 15.1. The molecule has 0 atom stereocenters. The average Bonchev–Trinajstić information content (AvgIpc) is 2.47. The van der Waals surface area contributed by atoms with Gasteiger partial charge in [-0.2, -0.15) is 5.10 Å². The van der Waals surface area contributed by atoms with Gasteiger partial charge in [-0.15, -0.1) is 0 Å². The molecule has 0 saturated carbocycles. The van der Waals surface area contributed by atoms with E-state index >= 15 is 0 Å². The number of thioether (sulfide) groups is 1.